The number of benzene rings is 3. The summed E-state index contributed by atoms with van der Waals surface area (Å²) in [6.07, 6.45) is 0. The smallest absolute Gasteiger partial charge is 0.231 e. The van der Waals surface area contributed by atoms with E-state index in [1.807, 2.05) is 30.3 Å². The number of hydrogen-bond donors (Lipinski definition) is 3. The first-order valence-electron chi connectivity index (χ1n) is 8.88. The van der Waals surface area contributed by atoms with Gasteiger partial charge in [-0.1, -0.05) is 30.3 Å². The molecule has 0 spiro atoms. The minimum Gasteiger partial charge on any atom is -0.507 e. The maximum absolute atomic E-state index is 10.4. The zero-order valence-electron chi connectivity index (χ0n) is 15.6. The fourth-order valence-corrected chi connectivity index (χ4v) is 2.81. The molecule has 0 aliphatic rings. The molecule has 4 aromatic rings. The Labute approximate surface area is 167 Å². The van der Waals surface area contributed by atoms with Crippen molar-refractivity contribution >= 4 is 11.6 Å². The predicted octanol–water partition coefficient (Wildman–Crippen LogP) is 4.37. The van der Waals surface area contributed by atoms with Crippen molar-refractivity contribution in [2.45, 2.75) is 0 Å². The third-order valence-corrected chi connectivity index (χ3v) is 4.26. The van der Waals surface area contributed by atoms with Crippen LogP contribution < -0.4 is 10.1 Å². The van der Waals surface area contributed by atoms with Crippen LogP contribution in [0.3, 0.4) is 0 Å². The van der Waals surface area contributed by atoms with Crippen molar-refractivity contribution < 1.29 is 14.9 Å². The number of phenolic OH excluding ortho intramolecular Hbond substituents is 2. The Morgan fingerprint density at radius 2 is 1.38 bits per heavy atom. The maximum Gasteiger partial charge on any atom is 0.231 e. The molecule has 3 aromatic carbocycles. The molecular weight excluding hydrogens is 368 g/mol. The normalized spacial score (nSPS) is 10.5. The van der Waals surface area contributed by atoms with Crippen LogP contribution in [0.5, 0.6) is 17.2 Å². The van der Waals surface area contributed by atoms with Gasteiger partial charge >= 0.3 is 0 Å². The Kier molecular flexibility index (Phi) is 4.94. The molecule has 7 heteroatoms. The number of aromatic hydroxyl groups is 2. The van der Waals surface area contributed by atoms with Crippen LogP contribution in [-0.2, 0) is 0 Å². The van der Waals surface area contributed by atoms with E-state index in [1.54, 1.807) is 36.4 Å². The van der Waals surface area contributed by atoms with Crippen molar-refractivity contribution in [3.8, 4) is 40.0 Å². The van der Waals surface area contributed by atoms with Gasteiger partial charge in [-0.05, 0) is 36.4 Å². The van der Waals surface area contributed by atoms with Crippen molar-refractivity contribution in [2.75, 3.05) is 12.4 Å². The highest BCUT2D eigenvalue weighted by Gasteiger charge is 2.16. The second-order valence-electron chi connectivity index (χ2n) is 6.20. The minimum absolute atomic E-state index is 0.0237. The summed E-state index contributed by atoms with van der Waals surface area (Å²) < 4.78 is 5.14. The summed E-state index contributed by atoms with van der Waals surface area (Å²) >= 11 is 0. The van der Waals surface area contributed by atoms with Gasteiger partial charge in [-0.15, -0.1) is 0 Å². The van der Waals surface area contributed by atoms with E-state index in [0.29, 0.717) is 16.9 Å². The average Bonchev–Trinajstić information content (AvgIpc) is 2.74. The molecule has 7 nitrogen and oxygen atoms in total. The van der Waals surface area contributed by atoms with Gasteiger partial charge < -0.3 is 20.3 Å². The van der Waals surface area contributed by atoms with Crippen LogP contribution in [0.15, 0.2) is 72.8 Å². The molecule has 0 aliphatic heterocycles. The van der Waals surface area contributed by atoms with E-state index < -0.39 is 0 Å². The highest BCUT2D eigenvalue weighted by molar-refractivity contribution is 5.71. The van der Waals surface area contributed by atoms with E-state index in [1.165, 1.54) is 13.2 Å². The molecule has 0 saturated carbocycles. The van der Waals surface area contributed by atoms with E-state index in [0.717, 1.165) is 5.69 Å². The summed E-state index contributed by atoms with van der Waals surface area (Å²) in [6.45, 7) is 0. The molecule has 0 fully saturated rings. The molecule has 0 saturated heterocycles. The Hall–Kier alpha value is -4.13. The molecule has 0 radical (unpaired) electrons. The largest absolute Gasteiger partial charge is 0.507 e. The minimum atomic E-state index is -0.0237. The molecule has 0 amide bonds. The van der Waals surface area contributed by atoms with E-state index in [2.05, 4.69) is 20.3 Å². The molecule has 0 unspecified atom stereocenters. The summed E-state index contributed by atoms with van der Waals surface area (Å²) in [6, 6.07) is 21.1. The highest BCUT2D eigenvalue weighted by Crippen LogP contribution is 2.33. The standard InChI is InChI=1S/C22H18N4O3/c1-29-15-11-12-17(19(28)13-15)21-24-20(16-9-5-6-10-18(16)27)25-22(26-21)23-14-7-3-2-4-8-14/h2-13,27-28H,1H3,(H,23,24,25,26). The number of para-hydroxylation sites is 2. The number of nitrogens with one attached hydrogen (secondary N) is 1. The van der Waals surface area contributed by atoms with Gasteiger partial charge in [-0.25, -0.2) is 4.98 Å². The number of hydrogen-bond acceptors (Lipinski definition) is 7. The van der Waals surface area contributed by atoms with Gasteiger partial charge in [0.05, 0.1) is 18.2 Å². The lowest BCUT2D eigenvalue weighted by Gasteiger charge is -2.11. The maximum atomic E-state index is 10.4. The average molecular weight is 386 g/mol. The van der Waals surface area contributed by atoms with Crippen molar-refractivity contribution in [1.82, 2.24) is 15.0 Å². The molecule has 3 N–H and O–H groups in total. The zero-order chi connectivity index (χ0) is 20.2. The van der Waals surface area contributed by atoms with E-state index >= 15 is 0 Å². The fraction of sp³-hybridized carbons (Fsp3) is 0.0455. The number of methoxy groups -OCH3 is 1. The van der Waals surface area contributed by atoms with Crippen molar-refractivity contribution in [3.05, 3.63) is 72.8 Å². The lowest BCUT2D eigenvalue weighted by atomic mass is 10.1. The van der Waals surface area contributed by atoms with E-state index in [4.69, 9.17) is 4.74 Å². The van der Waals surface area contributed by atoms with Gasteiger partial charge in [-0.2, -0.15) is 9.97 Å². The second-order valence-corrected chi connectivity index (χ2v) is 6.20. The first-order chi connectivity index (χ1) is 14.1. The molecule has 0 aliphatic carbocycles. The summed E-state index contributed by atoms with van der Waals surface area (Å²) in [5.41, 5.74) is 1.67. The lowest BCUT2D eigenvalue weighted by Crippen LogP contribution is -2.03. The van der Waals surface area contributed by atoms with Crippen LogP contribution in [0, 0.1) is 0 Å². The van der Waals surface area contributed by atoms with Gasteiger partial charge in [0.1, 0.15) is 17.2 Å². The van der Waals surface area contributed by atoms with Crippen LogP contribution in [0.4, 0.5) is 11.6 Å². The summed E-state index contributed by atoms with van der Waals surface area (Å²) in [7, 11) is 1.52. The molecule has 1 aromatic heterocycles. The van der Waals surface area contributed by atoms with Crippen LogP contribution in [0.1, 0.15) is 0 Å². The van der Waals surface area contributed by atoms with Gasteiger partial charge in [-0.3, -0.25) is 0 Å². The third-order valence-electron chi connectivity index (χ3n) is 4.26. The summed E-state index contributed by atoms with van der Waals surface area (Å²) in [5.74, 6) is 1.37. The zero-order valence-corrected chi connectivity index (χ0v) is 15.6. The summed E-state index contributed by atoms with van der Waals surface area (Å²) in [4.78, 5) is 13.4. The van der Waals surface area contributed by atoms with Gasteiger partial charge in [0.2, 0.25) is 5.95 Å². The van der Waals surface area contributed by atoms with Crippen LogP contribution >= 0.6 is 0 Å². The number of nitrogens with zero attached hydrogens (tertiary/aromatic N) is 3. The van der Waals surface area contributed by atoms with Crippen molar-refractivity contribution in [1.29, 1.82) is 0 Å². The SMILES string of the molecule is COc1ccc(-c2nc(Nc3ccccc3)nc(-c3ccccc3O)n2)c(O)c1. The molecular formula is C22H18N4O3. The molecule has 144 valence electrons. The second kappa shape index (κ2) is 7.85. The van der Waals surface area contributed by atoms with Gasteiger partial charge in [0.25, 0.3) is 0 Å². The molecule has 29 heavy (non-hydrogen) atoms. The van der Waals surface area contributed by atoms with Crippen LogP contribution in [0.25, 0.3) is 22.8 Å². The van der Waals surface area contributed by atoms with Crippen LogP contribution in [0.2, 0.25) is 0 Å². The molecule has 1 heterocycles. The molecule has 0 bridgehead atoms. The monoisotopic (exact) mass is 386 g/mol. The van der Waals surface area contributed by atoms with Crippen molar-refractivity contribution in [3.63, 3.8) is 0 Å². The number of ether oxygens (including phenoxy) is 1. The highest BCUT2D eigenvalue weighted by atomic mass is 16.5. The third kappa shape index (κ3) is 3.93. The number of phenols is 2. The van der Waals surface area contributed by atoms with E-state index in [-0.39, 0.29) is 29.1 Å². The Balaban J connectivity index is 1.85. The lowest BCUT2D eigenvalue weighted by molar-refractivity contribution is 0.408. The Morgan fingerprint density at radius 1 is 0.724 bits per heavy atom. The number of anilines is 2. The first kappa shape index (κ1) is 18.2. The number of rotatable bonds is 5. The number of aromatic nitrogens is 3. The Bertz CT molecular complexity index is 1150. The Morgan fingerprint density at radius 3 is 2.03 bits per heavy atom. The fourth-order valence-electron chi connectivity index (χ4n) is 2.81. The molecule has 0 atom stereocenters. The molecule has 4 rings (SSSR count). The van der Waals surface area contributed by atoms with E-state index in [9.17, 15) is 10.2 Å². The van der Waals surface area contributed by atoms with Crippen LogP contribution in [-0.4, -0.2) is 32.3 Å². The topological polar surface area (TPSA) is 100 Å². The first-order valence-corrected chi connectivity index (χ1v) is 8.88. The summed E-state index contributed by atoms with van der Waals surface area (Å²) in [5, 5.41) is 23.8. The van der Waals surface area contributed by atoms with Crippen molar-refractivity contribution in [2.24, 2.45) is 0 Å². The predicted molar refractivity (Wildman–Crippen MR) is 110 cm³/mol. The van der Waals surface area contributed by atoms with Gasteiger partial charge in [0, 0.05) is 11.8 Å². The van der Waals surface area contributed by atoms with Gasteiger partial charge in [0.15, 0.2) is 11.6 Å². The quantitative estimate of drug-likeness (QED) is 0.468.